The summed E-state index contributed by atoms with van der Waals surface area (Å²) in [7, 11) is 0. The van der Waals surface area contributed by atoms with Crippen LogP contribution in [0.1, 0.15) is 43.6 Å². The second-order valence-electron chi connectivity index (χ2n) is 5.81. The van der Waals surface area contributed by atoms with Gasteiger partial charge in [-0.2, -0.15) is 0 Å². The van der Waals surface area contributed by atoms with Gasteiger partial charge in [0.05, 0.1) is 5.56 Å². The molecule has 0 aliphatic carbocycles. The van der Waals surface area contributed by atoms with E-state index in [1.54, 1.807) is 12.1 Å². The number of hydrogen-bond acceptors (Lipinski definition) is 2. The first-order chi connectivity index (χ1) is 8.71. The molecule has 2 N–H and O–H groups in total. The topological polar surface area (TPSA) is 66.4 Å². The SMILES string of the molecule is CC(C(=O)NCc1ccc(C(=O)O)cc1)C(C)(C)C. The van der Waals surface area contributed by atoms with Crippen molar-refractivity contribution in [1.82, 2.24) is 5.32 Å². The Kier molecular flexibility index (Phi) is 4.70. The van der Waals surface area contributed by atoms with Crippen LogP contribution < -0.4 is 5.32 Å². The molecule has 0 aromatic heterocycles. The van der Waals surface area contributed by atoms with E-state index in [4.69, 9.17) is 5.11 Å². The summed E-state index contributed by atoms with van der Waals surface area (Å²) >= 11 is 0. The van der Waals surface area contributed by atoms with Crippen molar-refractivity contribution in [3.8, 4) is 0 Å². The predicted molar refractivity (Wildman–Crippen MR) is 73.9 cm³/mol. The molecule has 0 fully saturated rings. The van der Waals surface area contributed by atoms with E-state index in [9.17, 15) is 9.59 Å². The molecule has 0 saturated heterocycles. The standard InChI is InChI=1S/C15H21NO3/c1-10(15(2,3)4)13(17)16-9-11-5-7-12(8-6-11)14(18)19/h5-8,10H,9H2,1-4H3,(H,16,17)(H,18,19). The van der Waals surface area contributed by atoms with Gasteiger partial charge in [-0.3, -0.25) is 4.79 Å². The van der Waals surface area contributed by atoms with Crippen molar-refractivity contribution in [3.63, 3.8) is 0 Å². The summed E-state index contributed by atoms with van der Waals surface area (Å²) in [4.78, 5) is 22.6. The fourth-order valence-electron chi connectivity index (χ4n) is 1.50. The van der Waals surface area contributed by atoms with Crippen molar-refractivity contribution < 1.29 is 14.7 Å². The number of amides is 1. The summed E-state index contributed by atoms with van der Waals surface area (Å²) < 4.78 is 0. The highest BCUT2D eigenvalue weighted by Crippen LogP contribution is 2.25. The van der Waals surface area contributed by atoms with Crippen LogP contribution in [-0.4, -0.2) is 17.0 Å². The van der Waals surface area contributed by atoms with Crippen LogP contribution in [-0.2, 0) is 11.3 Å². The van der Waals surface area contributed by atoms with Crippen LogP contribution >= 0.6 is 0 Å². The molecule has 0 aliphatic heterocycles. The molecule has 0 bridgehead atoms. The monoisotopic (exact) mass is 263 g/mol. The summed E-state index contributed by atoms with van der Waals surface area (Å²) in [5, 5.41) is 11.7. The lowest BCUT2D eigenvalue weighted by molar-refractivity contribution is -0.127. The molecule has 1 aromatic carbocycles. The molecule has 0 radical (unpaired) electrons. The summed E-state index contributed by atoms with van der Waals surface area (Å²) in [6.45, 7) is 8.40. The van der Waals surface area contributed by atoms with E-state index in [-0.39, 0.29) is 22.8 Å². The predicted octanol–water partition coefficient (Wildman–Crippen LogP) is 2.68. The molecule has 1 amide bonds. The minimum Gasteiger partial charge on any atom is -0.478 e. The second-order valence-corrected chi connectivity index (χ2v) is 5.81. The number of hydrogen-bond donors (Lipinski definition) is 2. The molecule has 0 heterocycles. The van der Waals surface area contributed by atoms with E-state index in [1.807, 2.05) is 27.7 Å². The van der Waals surface area contributed by atoms with Gasteiger partial charge in [-0.25, -0.2) is 4.79 Å². The first-order valence-electron chi connectivity index (χ1n) is 6.32. The van der Waals surface area contributed by atoms with E-state index in [2.05, 4.69) is 5.32 Å². The minimum atomic E-state index is -0.947. The zero-order valence-electron chi connectivity index (χ0n) is 11.9. The number of carbonyl (C=O) groups excluding carboxylic acids is 1. The van der Waals surface area contributed by atoms with Crippen LogP contribution in [0.15, 0.2) is 24.3 Å². The molecule has 4 heteroatoms. The van der Waals surface area contributed by atoms with Gasteiger partial charge in [-0.1, -0.05) is 39.8 Å². The van der Waals surface area contributed by atoms with Gasteiger partial charge in [-0.05, 0) is 23.1 Å². The first kappa shape index (κ1) is 15.2. The van der Waals surface area contributed by atoms with Gasteiger partial charge >= 0.3 is 5.97 Å². The molecule has 1 atom stereocenters. The Bertz CT molecular complexity index is 457. The molecule has 0 spiro atoms. The molecule has 1 unspecified atom stereocenters. The van der Waals surface area contributed by atoms with Gasteiger partial charge in [-0.15, -0.1) is 0 Å². The molecular weight excluding hydrogens is 242 g/mol. The highest BCUT2D eigenvalue weighted by Gasteiger charge is 2.26. The Balaban J connectivity index is 2.58. The minimum absolute atomic E-state index is 0.00908. The van der Waals surface area contributed by atoms with Crippen LogP contribution in [0.4, 0.5) is 0 Å². The fraction of sp³-hybridized carbons (Fsp3) is 0.467. The molecule has 0 saturated carbocycles. The van der Waals surface area contributed by atoms with Crippen molar-refractivity contribution in [2.24, 2.45) is 11.3 Å². The lowest BCUT2D eigenvalue weighted by Gasteiger charge is -2.26. The number of nitrogens with one attached hydrogen (secondary N) is 1. The van der Waals surface area contributed by atoms with Crippen molar-refractivity contribution in [1.29, 1.82) is 0 Å². The summed E-state index contributed by atoms with van der Waals surface area (Å²) in [5.41, 5.74) is 1.06. The molecule has 1 aromatic rings. The van der Waals surface area contributed by atoms with E-state index >= 15 is 0 Å². The van der Waals surface area contributed by atoms with Crippen LogP contribution in [0.2, 0.25) is 0 Å². The number of rotatable bonds is 4. The maximum atomic E-state index is 11.9. The highest BCUT2D eigenvalue weighted by molar-refractivity contribution is 5.87. The van der Waals surface area contributed by atoms with Crippen molar-refractivity contribution in [2.75, 3.05) is 0 Å². The van der Waals surface area contributed by atoms with E-state index < -0.39 is 5.97 Å². The Labute approximate surface area is 113 Å². The van der Waals surface area contributed by atoms with Crippen LogP contribution in [0.5, 0.6) is 0 Å². The average molecular weight is 263 g/mol. The third-order valence-electron chi connectivity index (χ3n) is 3.36. The van der Waals surface area contributed by atoms with Crippen LogP contribution in [0.3, 0.4) is 0 Å². The smallest absolute Gasteiger partial charge is 0.335 e. The van der Waals surface area contributed by atoms with Gasteiger partial charge in [0.25, 0.3) is 0 Å². The third kappa shape index (κ3) is 4.39. The quantitative estimate of drug-likeness (QED) is 0.877. The summed E-state index contributed by atoms with van der Waals surface area (Å²) in [5.74, 6) is -1.02. The summed E-state index contributed by atoms with van der Waals surface area (Å²) in [6, 6.07) is 6.50. The number of aromatic carboxylic acids is 1. The molecule has 104 valence electrons. The molecular formula is C15H21NO3. The number of carboxylic acids is 1. The zero-order chi connectivity index (χ0) is 14.6. The van der Waals surface area contributed by atoms with E-state index in [1.165, 1.54) is 12.1 Å². The highest BCUT2D eigenvalue weighted by atomic mass is 16.4. The Hall–Kier alpha value is -1.84. The lowest BCUT2D eigenvalue weighted by Crippen LogP contribution is -2.35. The van der Waals surface area contributed by atoms with Crippen LogP contribution in [0.25, 0.3) is 0 Å². The third-order valence-corrected chi connectivity index (χ3v) is 3.36. The number of carboxylic acid groups (broad SMARTS) is 1. The Morgan fingerprint density at radius 3 is 2.16 bits per heavy atom. The van der Waals surface area contributed by atoms with E-state index in [0.29, 0.717) is 6.54 Å². The van der Waals surface area contributed by atoms with Gasteiger partial charge in [0.15, 0.2) is 0 Å². The zero-order valence-corrected chi connectivity index (χ0v) is 11.9. The van der Waals surface area contributed by atoms with Crippen molar-refractivity contribution in [2.45, 2.75) is 34.2 Å². The molecule has 19 heavy (non-hydrogen) atoms. The second kappa shape index (κ2) is 5.87. The molecule has 0 aliphatic rings. The number of benzene rings is 1. The maximum absolute atomic E-state index is 11.9. The van der Waals surface area contributed by atoms with Crippen molar-refractivity contribution >= 4 is 11.9 Å². The van der Waals surface area contributed by atoms with Gasteiger partial charge in [0.2, 0.25) is 5.91 Å². The van der Waals surface area contributed by atoms with Gasteiger partial charge in [0, 0.05) is 12.5 Å². The normalized spacial score (nSPS) is 12.8. The average Bonchev–Trinajstić information content (AvgIpc) is 2.34. The van der Waals surface area contributed by atoms with Crippen molar-refractivity contribution in [3.05, 3.63) is 35.4 Å². The molecule has 1 rings (SSSR count). The first-order valence-corrected chi connectivity index (χ1v) is 6.32. The maximum Gasteiger partial charge on any atom is 0.335 e. The summed E-state index contributed by atoms with van der Waals surface area (Å²) in [6.07, 6.45) is 0. The lowest BCUT2D eigenvalue weighted by atomic mass is 9.81. The Morgan fingerprint density at radius 2 is 1.74 bits per heavy atom. The van der Waals surface area contributed by atoms with E-state index in [0.717, 1.165) is 5.56 Å². The largest absolute Gasteiger partial charge is 0.478 e. The Morgan fingerprint density at radius 1 is 1.21 bits per heavy atom. The fourth-order valence-corrected chi connectivity index (χ4v) is 1.50. The van der Waals surface area contributed by atoms with Gasteiger partial charge in [0.1, 0.15) is 0 Å². The molecule has 4 nitrogen and oxygen atoms in total. The van der Waals surface area contributed by atoms with Gasteiger partial charge < -0.3 is 10.4 Å². The number of carbonyl (C=O) groups is 2. The van der Waals surface area contributed by atoms with Crippen LogP contribution in [0, 0.1) is 11.3 Å².